The third-order valence-electron chi connectivity index (χ3n) is 3.86. The second-order valence-corrected chi connectivity index (χ2v) is 6.15. The van der Waals surface area contributed by atoms with Gasteiger partial charge in [0.05, 0.1) is 4.88 Å². The molecule has 1 atom stereocenters. The zero-order chi connectivity index (χ0) is 13.5. The van der Waals surface area contributed by atoms with Crippen molar-refractivity contribution in [2.45, 2.75) is 44.6 Å². The van der Waals surface area contributed by atoms with Gasteiger partial charge in [0.15, 0.2) is 5.78 Å². The number of ketones is 1. The molecule has 1 aliphatic heterocycles. The molecule has 106 valence electrons. The molecular weight excluding hydrogens is 258 g/mol. The molecule has 0 radical (unpaired) electrons. The highest BCUT2D eigenvalue weighted by atomic mass is 32.1. The van der Waals surface area contributed by atoms with Gasteiger partial charge in [-0.25, -0.2) is 0 Å². The maximum Gasteiger partial charge on any atom is 0.172 e. The molecule has 2 rings (SSSR count). The third kappa shape index (κ3) is 4.41. The Bertz CT molecular complexity index is 376. The number of hydrogen-bond donors (Lipinski definition) is 1. The number of aliphatic hydroxyl groups is 1. The fraction of sp³-hybridized carbons (Fsp3) is 0.667. The van der Waals surface area contributed by atoms with Crippen LogP contribution >= 0.6 is 11.3 Å². The Morgan fingerprint density at radius 1 is 1.47 bits per heavy atom. The first-order valence-corrected chi connectivity index (χ1v) is 8.11. The minimum absolute atomic E-state index is 0.269. The van der Waals surface area contributed by atoms with Gasteiger partial charge in [-0.3, -0.25) is 4.79 Å². The molecule has 4 heteroatoms. The van der Waals surface area contributed by atoms with Gasteiger partial charge in [-0.1, -0.05) is 12.5 Å². The molecule has 0 bridgehead atoms. The fourth-order valence-corrected chi connectivity index (χ4v) is 3.53. The van der Waals surface area contributed by atoms with Crippen molar-refractivity contribution in [2.75, 3.05) is 19.7 Å². The van der Waals surface area contributed by atoms with Crippen LogP contribution in [0.3, 0.4) is 0 Å². The summed E-state index contributed by atoms with van der Waals surface area (Å²) in [6, 6.07) is 4.36. The molecule has 0 spiro atoms. The number of hydrogen-bond acceptors (Lipinski definition) is 4. The first-order chi connectivity index (χ1) is 9.31. The second-order valence-electron chi connectivity index (χ2n) is 5.20. The molecule has 3 nitrogen and oxygen atoms in total. The average molecular weight is 281 g/mol. The molecule has 2 heterocycles. The van der Waals surface area contributed by atoms with Crippen molar-refractivity contribution in [2.24, 2.45) is 0 Å². The summed E-state index contributed by atoms with van der Waals surface area (Å²) in [4.78, 5) is 15.2. The van der Waals surface area contributed by atoms with Gasteiger partial charge < -0.3 is 10.0 Å². The van der Waals surface area contributed by atoms with E-state index < -0.39 is 0 Å². The minimum Gasteiger partial charge on any atom is -0.396 e. The maximum atomic E-state index is 11.9. The van der Waals surface area contributed by atoms with Crippen LogP contribution in [0.4, 0.5) is 0 Å². The second kappa shape index (κ2) is 7.78. The number of rotatable bonds is 7. The summed E-state index contributed by atoms with van der Waals surface area (Å²) in [5, 5.41) is 11.0. The van der Waals surface area contributed by atoms with Crippen LogP contribution in [0.2, 0.25) is 0 Å². The van der Waals surface area contributed by atoms with E-state index in [0.29, 0.717) is 12.5 Å². The fourth-order valence-electron chi connectivity index (χ4n) is 2.83. The molecule has 1 aromatic rings. The van der Waals surface area contributed by atoms with Gasteiger partial charge >= 0.3 is 0 Å². The van der Waals surface area contributed by atoms with Crippen molar-refractivity contribution in [3.05, 3.63) is 22.4 Å². The molecule has 0 saturated carbocycles. The SMILES string of the molecule is O=C(CCCN1CCCCC1CCO)c1cccs1. The lowest BCUT2D eigenvalue weighted by Crippen LogP contribution is -2.40. The molecule has 1 unspecified atom stereocenters. The van der Waals surface area contributed by atoms with Crippen molar-refractivity contribution in [3.8, 4) is 0 Å². The molecule has 0 aliphatic carbocycles. The lowest BCUT2D eigenvalue weighted by atomic mass is 9.99. The molecule has 1 saturated heterocycles. The van der Waals surface area contributed by atoms with E-state index in [1.165, 1.54) is 30.6 Å². The van der Waals surface area contributed by atoms with Gasteiger partial charge in [0.2, 0.25) is 0 Å². The largest absolute Gasteiger partial charge is 0.396 e. The van der Waals surface area contributed by atoms with Crippen LogP contribution in [0.15, 0.2) is 17.5 Å². The van der Waals surface area contributed by atoms with Gasteiger partial charge in [-0.05, 0) is 50.2 Å². The van der Waals surface area contributed by atoms with Crippen molar-refractivity contribution in [1.82, 2.24) is 4.90 Å². The average Bonchev–Trinajstić information content (AvgIpc) is 2.95. The number of aliphatic hydroxyl groups excluding tert-OH is 1. The summed E-state index contributed by atoms with van der Waals surface area (Å²) >= 11 is 1.53. The summed E-state index contributed by atoms with van der Waals surface area (Å²) in [6.07, 6.45) is 6.16. The van der Waals surface area contributed by atoms with E-state index in [-0.39, 0.29) is 12.4 Å². The van der Waals surface area contributed by atoms with Crippen molar-refractivity contribution >= 4 is 17.1 Å². The zero-order valence-corrected chi connectivity index (χ0v) is 12.2. The molecule has 1 fully saturated rings. The Balaban J connectivity index is 1.73. The monoisotopic (exact) mass is 281 g/mol. The predicted molar refractivity (Wildman–Crippen MR) is 78.8 cm³/mol. The van der Waals surface area contributed by atoms with Crippen LogP contribution in [0.25, 0.3) is 0 Å². The number of thiophene rings is 1. The van der Waals surface area contributed by atoms with Gasteiger partial charge in [0, 0.05) is 19.1 Å². The summed E-state index contributed by atoms with van der Waals surface area (Å²) in [5.41, 5.74) is 0. The molecule has 0 amide bonds. The molecule has 1 aliphatic rings. The van der Waals surface area contributed by atoms with Crippen molar-refractivity contribution < 1.29 is 9.90 Å². The first kappa shape index (κ1) is 14.7. The normalized spacial score (nSPS) is 20.6. The summed E-state index contributed by atoms with van der Waals surface area (Å²) in [5.74, 6) is 0.269. The standard InChI is InChI=1S/C15H23NO2S/c17-11-8-13-5-1-2-9-16(13)10-3-6-14(18)15-7-4-12-19-15/h4,7,12-13,17H,1-3,5-6,8-11H2. The van der Waals surface area contributed by atoms with E-state index in [1.807, 2.05) is 17.5 Å². The quantitative estimate of drug-likeness (QED) is 0.781. The Morgan fingerprint density at radius 3 is 3.11 bits per heavy atom. The lowest BCUT2D eigenvalue weighted by molar-refractivity contribution is 0.0948. The number of piperidine rings is 1. The molecule has 1 aromatic heterocycles. The van der Waals surface area contributed by atoms with E-state index in [2.05, 4.69) is 4.90 Å². The van der Waals surface area contributed by atoms with Crippen molar-refractivity contribution in [3.63, 3.8) is 0 Å². The Kier molecular flexibility index (Phi) is 6.01. The van der Waals surface area contributed by atoms with E-state index in [0.717, 1.165) is 30.8 Å². The Labute approximate surface area is 119 Å². The van der Waals surface area contributed by atoms with Crippen molar-refractivity contribution in [1.29, 1.82) is 0 Å². The van der Waals surface area contributed by atoms with E-state index >= 15 is 0 Å². The highest BCUT2D eigenvalue weighted by Crippen LogP contribution is 2.20. The van der Waals surface area contributed by atoms with E-state index in [4.69, 9.17) is 5.11 Å². The van der Waals surface area contributed by atoms with Gasteiger partial charge in [0.1, 0.15) is 0 Å². The summed E-state index contributed by atoms with van der Waals surface area (Å²) in [6.45, 7) is 2.38. The van der Waals surface area contributed by atoms with Crippen LogP contribution in [-0.2, 0) is 0 Å². The van der Waals surface area contributed by atoms with Crippen LogP contribution in [0, 0.1) is 0 Å². The maximum absolute atomic E-state index is 11.9. The van der Waals surface area contributed by atoms with E-state index in [9.17, 15) is 4.79 Å². The highest BCUT2D eigenvalue weighted by Gasteiger charge is 2.21. The first-order valence-electron chi connectivity index (χ1n) is 7.23. The molecule has 19 heavy (non-hydrogen) atoms. The van der Waals surface area contributed by atoms with Gasteiger partial charge in [-0.15, -0.1) is 11.3 Å². The molecule has 0 aromatic carbocycles. The smallest absolute Gasteiger partial charge is 0.172 e. The number of carbonyl (C=O) groups excluding carboxylic acids is 1. The lowest BCUT2D eigenvalue weighted by Gasteiger charge is -2.35. The minimum atomic E-state index is 0.269. The zero-order valence-electron chi connectivity index (χ0n) is 11.4. The molecular formula is C15H23NO2S. The number of likely N-dealkylation sites (tertiary alicyclic amines) is 1. The predicted octanol–water partition coefficient (Wildman–Crippen LogP) is 2.95. The Hall–Kier alpha value is -0.710. The Morgan fingerprint density at radius 2 is 2.37 bits per heavy atom. The van der Waals surface area contributed by atoms with Crippen LogP contribution < -0.4 is 0 Å². The van der Waals surface area contributed by atoms with Gasteiger partial charge in [0.25, 0.3) is 0 Å². The summed E-state index contributed by atoms with van der Waals surface area (Å²) in [7, 11) is 0. The molecule has 1 N–H and O–H groups in total. The number of carbonyl (C=O) groups is 1. The highest BCUT2D eigenvalue weighted by molar-refractivity contribution is 7.12. The van der Waals surface area contributed by atoms with Crippen LogP contribution in [0.5, 0.6) is 0 Å². The van der Waals surface area contributed by atoms with Crippen LogP contribution in [0.1, 0.15) is 48.2 Å². The van der Waals surface area contributed by atoms with Gasteiger partial charge in [-0.2, -0.15) is 0 Å². The topological polar surface area (TPSA) is 40.5 Å². The van der Waals surface area contributed by atoms with E-state index in [1.54, 1.807) is 0 Å². The number of Topliss-reactive ketones (excluding diaryl/α,β-unsaturated/α-hetero) is 1. The third-order valence-corrected chi connectivity index (χ3v) is 4.77. The number of nitrogens with zero attached hydrogens (tertiary/aromatic N) is 1. The summed E-state index contributed by atoms with van der Waals surface area (Å²) < 4.78 is 0. The van der Waals surface area contributed by atoms with Crippen LogP contribution in [-0.4, -0.2) is 41.5 Å².